The van der Waals surface area contributed by atoms with E-state index in [2.05, 4.69) is 65.0 Å². The van der Waals surface area contributed by atoms with Crippen molar-refractivity contribution in [2.45, 2.75) is 52.1 Å². The molecule has 0 aliphatic carbocycles. The van der Waals surface area contributed by atoms with Gasteiger partial charge in [-0.3, -0.25) is 9.69 Å². The Kier molecular flexibility index (Phi) is 10.2. The van der Waals surface area contributed by atoms with E-state index in [0.29, 0.717) is 19.5 Å². The summed E-state index contributed by atoms with van der Waals surface area (Å²) < 4.78 is 0. The van der Waals surface area contributed by atoms with Gasteiger partial charge in [-0.1, -0.05) is 49.4 Å². The molecule has 1 fully saturated rings. The monoisotopic (exact) mass is 575 g/mol. The fourth-order valence-electron chi connectivity index (χ4n) is 4.95. The summed E-state index contributed by atoms with van der Waals surface area (Å²) >= 11 is 0. The van der Waals surface area contributed by atoms with Crippen molar-refractivity contribution in [2.75, 3.05) is 31.5 Å². The van der Waals surface area contributed by atoms with Crippen LogP contribution >= 0.6 is 24.0 Å². The molecule has 7 heteroatoms. The molecule has 0 spiro atoms. The van der Waals surface area contributed by atoms with Crippen LogP contribution in [-0.4, -0.2) is 42.9 Å². The zero-order chi connectivity index (χ0) is 23.0. The average molecular weight is 576 g/mol. The number of aliphatic imine (C=N–C) groups is 1. The number of likely N-dealkylation sites (tertiary alicyclic amines) is 1. The second-order valence-electron chi connectivity index (χ2n) is 9.36. The maximum atomic E-state index is 12.1. The number of guanidine groups is 1. The lowest BCUT2D eigenvalue weighted by atomic mass is 9.90. The number of benzene rings is 2. The number of carbonyl (C=O) groups excluding carboxylic acids is 1. The smallest absolute Gasteiger partial charge is 0.225 e. The van der Waals surface area contributed by atoms with E-state index in [9.17, 15) is 4.79 Å². The van der Waals surface area contributed by atoms with Crippen LogP contribution in [0.1, 0.15) is 55.7 Å². The number of halogens is 1. The lowest BCUT2D eigenvalue weighted by Crippen LogP contribution is -2.40. The maximum Gasteiger partial charge on any atom is 0.225 e. The van der Waals surface area contributed by atoms with Crippen molar-refractivity contribution in [2.24, 2.45) is 10.9 Å². The van der Waals surface area contributed by atoms with Crippen molar-refractivity contribution in [1.29, 1.82) is 0 Å². The van der Waals surface area contributed by atoms with Crippen LogP contribution in [0, 0.1) is 5.92 Å². The van der Waals surface area contributed by atoms with E-state index in [1.165, 1.54) is 42.6 Å². The van der Waals surface area contributed by atoms with Crippen molar-refractivity contribution in [3.63, 3.8) is 0 Å². The van der Waals surface area contributed by atoms with Crippen LogP contribution in [0.25, 0.3) is 0 Å². The number of rotatable bonds is 7. The molecular weight excluding hydrogens is 537 g/mol. The molecule has 2 aliphatic rings. The largest absolute Gasteiger partial charge is 0.357 e. The minimum absolute atomic E-state index is 0. The zero-order valence-corrected chi connectivity index (χ0v) is 22.7. The fourth-order valence-corrected chi connectivity index (χ4v) is 4.95. The van der Waals surface area contributed by atoms with E-state index in [0.717, 1.165) is 30.7 Å². The summed E-state index contributed by atoms with van der Waals surface area (Å²) in [7, 11) is 0. The number of carbonyl (C=O) groups is 1. The Morgan fingerprint density at radius 3 is 2.68 bits per heavy atom. The highest BCUT2D eigenvalue weighted by atomic mass is 127. The number of hydrogen-bond donors (Lipinski definition) is 3. The molecule has 0 aromatic heterocycles. The first-order valence-electron chi connectivity index (χ1n) is 12.3. The maximum absolute atomic E-state index is 12.1. The first-order valence-corrected chi connectivity index (χ1v) is 12.3. The second-order valence-corrected chi connectivity index (χ2v) is 9.36. The number of amides is 1. The van der Waals surface area contributed by atoms with Crippen LogP contribution in [0.2, 0.25) is 0 Å². The zero-order valence-electron chi connectivity index (χ0n) is 20.3. The topological polar surface area (TPSA) is 68.8 Å². The summed E-state index contributed by atoms with van der Waals surface area (Å²) in [6.07, 6.45) is 3.12. The molecule has 2 heterocycles. The molecule has 2 aromatic rings. The van der Waals surface area contributed by atoms with Crippen LogP contribution in [0.4, 0.5) is 5.69 Å². The molecule has 34 heavy (non-hydrogen) atoms. The first-order chi connectivity index (χ1) is 16.1. The predicted molar refractivity (Wildman–Crippen MR) is 151 cm³/mol. The van der Waals surface area contributed by atoms with Gasteiger partial charge in [-0.25, -0.2) is 4.99 Å². The SMILES string of the molecule is CCNC(=NCc1ccccc1CN1CCCC(C)C1)NCC1CC(=O)Nc2ccccc21.I. The van der Waals surface area contributed by atoms with Gasteiger partial charge < -0.3 is 16.0 Å². The molecular formula is C27H38IN5O. The summed E-state index contributed by atoms with van der Waals surface area (Å²) in [6, 6.07) is 16.7. The van der Waals surface area contributed by atoms with Crippen LogP contribution < -0.4 is 16.0 Å². The third-order valence-electron chi connectivity index (χ3n) is 6.63. The Morgan fingerprint density at radius 1 is 1.12 bits per heavy atom. The number of para-hydroxylation sites is 1. The van der Waals surface area contributed by atoms with Gasteiger partial charge in [0, 0.05) is 44.2 Å². The van der Waals surface area contributed by atoms with Gasteiger partial charge in [0.1, 0.15) is 0 Å². The molecule has 0 radical (unpaired) electrons. The summed E-state index contributed by atoms with van der Waals surface area (Å²) in [4.78, 5) is 19.6. The molecule has 2 unspecified atom stereocenters. The van der Waals surface area contributed by atoms with Crippen LogP contribution in [-0.2, 0) is 17.9 Å². The van der Waals surface area contributed by atoms with E-state index in [-0.39, 0.29) is 35.8 Å². The molecule has 0 bridgehead atoms. The summed E-state index contributed by atoms with van der Waals surface area (Å²) in [5.74, 6) is 1.78. The van der Waals surface area contributed by atoms with Crippen LogP contribution in [0.5, 0.6) is 0 Å². The van der Waals surface area contributed by atoms with E-state index < -0.39 is 0 Å². The van der Waals surface area contributed by atoms with Gasteiger partial charge >= 0.3 is 0 Å². The lowest BCUT2D eigenvalue weighted by Gasteiger charge is -2.31. The van der Waals surface area contributed by atoms with Crippen molar-refractivity contribution in [3.8, 4) is 0 Å². The lowest BCUT2D eigenvalue weighted by molar-refractivity contribution is -0.116. The normalized spacial score (nSPS) is 20.6. The highest BCUT2D eigenvalue weighted by molar-refractivity contribution is 14.0. The molecule has 2 atom stereocenters. The van der Waals surface area contributed by atoms with Crippen LogP contribution in [0.15, 0.2) is 53.5 Å². The average Bonchev–Trinajstić information content (AvgIpc) is 2.81. The first kappa shape index (κ1) is 26.5. The summed E-state index contributed by atoms with van der Waals surface area (Å²) in [5, 5.41) is 9.81. The Hall–Kier alpha value is -2.13. The quantitative estimate of drug-likeness (QED) is 0.254. The minimum Gasteiger partial charge on any atom is -0.357 e. The van der Waals surface area contributed by atoms with Gasteiger partial charge in [-0.2, -0.15) is 0 Å². The van der Waals surface area contributed by atoms with Crippen molar-refractivity contribution in [1.82, 2.24) is 15.5 Å². The molecule has 184 valence electrons. The Labute approximate surface area is 221 Å². The van der Waals surface area contributed by atoms with Gasteiger partial charge in [0.2, 0.25) is 5.91 Å². The van der Waals surface area contributed by atoms with Crippen molar-refractivity contribution in [3.05, 3.63) is 65.2 Å². The van der Waals surface area contributed by atoms with Gasteiger partial charge in [-0.15, -0.1) is 24.0 Å². The Balaban J connectivity index is 0.00000324. The van der Waals surface area contributed by atoms with Gasteiger partial charge in [-0.05, 0) is 55.0 Å². The number of hydrogen-bond acceptors (Lipinski definition) is 3. The van der Waals surface area contributed by atoms with E-state index in [1.54, 1.807) is 0 Å². The molecule has 2 aromatic carbocycles. The number of fused-ring (bicyclic) bond motifs is 1. The number of piperidine rings is 1. The Morgan fingerprint density at radius 2 is 1.88 bits per heavy atom. The summed E-state index contributed by atoms with van der Waals surface area (Å²) in [6.45, 7) is 9.88. The van der Waals surface area contributed by atoms with Gasteiger partial charge in [0.25, 0.3) is 0 Å². The molecule has 1 saturated heterocycles. The summed E-state index contributed by atoms with van der Waals surface area (Å²) in [5.41, 5.74) is 4.74. The third kappa shape index (κ3) is 7.18. The molecule has 6 nitrogen and oxygen atoms in total. The van der Waals surface area contributed by atoms with Crippen molar-refractivity contribution < 1.29 is 4.79 Å². The van der Waals surface area contributed by atoms with Crippen molar-refractivity contribution >= 4 is 41.5 Å². The molecule has 1 amide bonds. The van der Waals surface area contributed by atoms with E-state index in [1.807, 2.05) is 18.2 Å². The van der Waals surface area contributed by atoms with E-state index >= 15 is 0 Å². The van der Waals surface area contributed by atoms with E-state index in [4.69, 9.17) is 4.99 Å². The molecule has 0 saturated carbocycles. The number of nitrogens with zero attached hydrogens (tertiary/aromatic N) is 2. The number of nitrogens with one attached hydrogen (secondary N) is 3. The predicted octanol–water partition coefficient (Wildman–Crippen LogP) is 4.72. The third-order valence-corrected chi connectivity index (χ3v) is 6.63. The molecule has 2 aliphatic heterocycles. The minimum atomic E-state index is 0. The standard InChI is InChI=1S/C27H37N5O.HI/c1-3-28-27(30-17-23-15-26(33)31-25-13-7-6-12-24(23)25)29-16-21-10-4-5-11-22(21)19-32-14-8-9-20(2)18-32;/h4-7,10-13,20,23H,3,8-9,14-19H2,1-2H3,(H,31,33)(H2,28,29,30);1H. The molecule has 4 rings (SSSR count). The van der Waals surface area contributed by atoms with Gasteiger partial charge in [0.15, 0.2) is 5.96 Å². The highest BCUT2D eigenvalue weighted by Gasteiger charge is 2.24. The molecule has 3 N–H and O–H groups in total. The van der Waals surface area contributed by atoms with Gasteiger partial charge in [0.05, 0.1) is 6.54 Å². The Bertz CT molecular complexity index is 979. The second kappa shape index (κ2) is 13.1. The number of anilines is 1. The fraction of sp³-hybridized carbons (Fsp3) is 0.481. The van der Waals surface area contributed by atoms with Crippen LogP contribution in [0.3, 0.4) is 0 Å². The highest BCUT2D eigenvalue weighted by Crippen LogP contribution is 2.31.